The summed E-state index contributed by atoms with van der Waals surface area (Å²) < 4.78 is 41.0. The second kappa shape index (κ2) is 7.95. The van der Waals surface area contributed by atoms with Crippen LogP contribution in [0.2, 0.25) is 0 Å². The molecule has 1 saturated carbocycles. The standard InChI is InChI=1S/C20H23F3N4O/c21-16-3-1-2-14(10-16)12-25-6-8-26(9-7-25)19(28)13-27-18(20(22)23)11-17(24-27)15-4-5-15/h1-3,10-11,15,20H,4-9,12-13H2. The molecule has 28 heavy (non-hydrogen) atoms. The van der Waals surface area contributed by atoms with Gasteiger partial charge in [-0.15, -0.1) is 0 Å². The first-order valence-electron chi connectivity index (χ1n) is 9.60. The molecule has 1 aliphatic carbocycles. The Morgan fingerprint density at radius 2 is 1.89 bits per heavy atom. The number of halogens is 3. The van der Waals surface area contributed by atoms with Crippen LogP contribution in [0.5, 0.6) is 0 Å². The number of carbonyl (C=O) groups excluding carboxylic acids is 1. The maximum absolute atomic E-state index is 13.3. The van der Waals surface area contributed by atoms with E-state index in [1.807, 2.05) is 6.07 Å². The SMILES string of the molecule is O=C(Cn1nc(C2CC2)cc1C(F)F)N1CCN(Cc2cccc(F)c2)CC1. The minimum atomic E-state index is -2.64. The second-order valence-electron chi connectivity index (χ2n) is 7.51. The molecule has 0 radical (unpaired) electrons. The van der Waals surface area contributed by atoms with Crippen molar-refractivity contribution in [1.82, 2.24) is 19.6 Å². The maximum atomic E-state index is 13.3. The molecule has 2 heterocycles. The molecule has 150 valence electrons. The van der Waals surface area contributed by atoms with Crippen LogP contribution in [0.1, 0.15) is 42.1 Å². The summed E-state index contributed by atoms with van der Waals surface area (Å²) in [5, 5.41) is 4.25. The third-order valence-electron chi connectivity index (χ3n) is 5.35. The Morgan fingerprint density at radius 3 is 2.54 bits per heavy atom. The largest absolute Gasteiger partial charge is 0.339 e. The van der Waals surface area contributed by atoms with Gasteiger partial charge in [-0.25, -0.2) is 13.2 Å². The van der Waals surface area contributed by atoms with Crippen molar-refractivity contribution in [2.24, 2.45) is 0 Å². The van der Waals surface area contributed by atoms with Crippen molar-refractivity contribution in [3.63, 3.8) is 0 Å². The van der Waals surface area contributed by atoms with E-state index in [0.717, 1.165) is 18.4 Å². The Balaban J connectivity index is 1.33. The van der Waals surface area contributed by atoms with Crippen LogP contribution in [0.3, 0.4) is 0 Å². The summed E-state index contributed by atoms with van der Waals surface area (Å²) in [5.74, 6) is -0.191. The van der Waals surface area contributed by atoms with Crippen molar-refractivity contribution >= 4 is 5.91 Å². The van der Waals surface area contributed by atoms with Gasteiger partial charge >= 0.3 is 0 Å². The van der Waals surface area contributed by atoms with Crippen LogP contribution < -0.4 is 0 Å². The molecule has 2 aromatic rings. The Kier molecular flexibility index (Phi) is 5.39. The Labute approximate surface area is 161 Å². The van der Waals surface area contributed by atoms with Gasteiger partial charge in [0, 0.05) is 38.6 Å². The van der Waals surface area contributed by atoms with Gasteiger partial charge in [-0.2, -0.15) is 5.10 Å². The summed E-state index contributed by atoms with van der Waals surface area (Å²) in [5.41, 5.74) is 1.38. The lowest BCUT2D eigenvalue weighted by atomic mass is 10.2. The number of alkyl halides is 2. The van der Waals surface area contributed by atoms with E-state index < -0.39 is 6.43 Å². The quantitative estimate of drug-likeness (QED) is 0.758. The average Bonchev–Trinajstić information content (AvgIpc) is 3.43. The summed E-state index contributed by atoms with van der Waals surface area (Å²) in [6.07, 6.45) is -0.696. The average molecular weight is 392 g/mol. The normalized spacial score (nSPS) is 18.1. The number of hydrogen-bond acceptors (Lipinski definition) is 3. The van der Waals surface area contributed by atoms with Crippen LogP contribution in [0.25, 0.3) is 0 Å². The Hall–Kier alpha value is -2.35. The number of rotatable bonds is 6. The van der Waals surface area contributed by atoms with Crippen molar-refractivity contribution < 1.29 is 18.0 Å². The number of amides is 1. The van der Waals surface area contributed by atoms with Gasteiger partial charge in [0.25, 0.3) is 6.43 Å². The Morgan fingerprint density at radius 1 is 1.14 bits per heavy atom. The van der Waals surface area contributed by atoms with Crippen molar-refractivity contribution in [3.05, 3.63) is 53.1 Å². The number of carbonyl (C=O) groups is 1. The van der Waals surface area contributed by atoms with Gasteiger partial charge in [0.1, 0.15) is 18.1 Å². The second-order valence-corrected chi connectivity index (χ2v) is 7.51. The van der Waals surface area contributed by atoms with E-state index in [1.165, 1.54) is 22.9 Å². The number of piperazine rings is 1. The first-order chi connectivity index (χ1) is 13.5. The third kappa shape index (κ3) is 4.38. The fourth-order valence-corrected chi connectivity index (χ4v) is 3.61. The highest BCUT2D eigenvalue weighted by Crippen LogP contribution is 2.40. The molecule has 1 aliphatic heterocycles. The highest BCUT2D eigenvalue weighted by atomic mass is 19.3. The lowest BCUT2D eigenvalue weighted by Crippen LogP contribution is -2.49. The van der Waals surface area contributed by atoms with Gasteiger partial charge in [-0.05, 0) is 36.6 Å². The first-order valence-corrected chi connectivity index (χ1v) is 9.60. The van der Waals surface area contributed by atoms with E-state index in [2.05, 4.69) is 10.00 Å². The molecule has 4 rings (SSSR count). The molecule has 0 atom stereocenters. The maximum Gasteiger partial charge on any atom is 0.280 e. The number of benzene rings is 1. The fourth-order valence-electron chi connectivity index (χ4n) is 3.61. The highest BCUT2D eigenvalue weighted by molar-refractivity contribution is 5.76. The van der Waals surface area contributed by atoms with E-state index in [0.29, 0.717) is 38.4 Å². The summed E-state index contributed by atoms with van der Waals surface area (Å²) >= 11 is 0. The fraction of sp³-hybridized carbons (Fsp3) is 0.500. The van der Waals surface area contributed by atoms with Crippen molar-refractivity contribution in [3.8, 4) is 0 Å². The van der Waals surface area contributed by atoms with E-state index in [4.69, 9.17) is 0 Å². The number of nitrogens with zero attached hydrogens (tertiary/aromatic N) is 4. The predicted octanol–water partition coefficient (Wildman–Crippen LogP) is 3.18. The molecular formula is C20H23F3N4O. The molecule has 1 saturated heterocycles. The lowest BCUT2D eigenvalue weighted by molar-refractivity contribution is -0.134. The van der Waals surface area contributed by atoms with Crippen LogP contribution in [-0.4, -0.2) is 51.7 Å². The van der Waals surface area contributed by atoms with Crippen molar-refractivity contribution in [2.45, 2.75) is 38.3 Å². The van der Waals surface area contributed by atoms with E-state index in [-0.39, 0.29) is 29.9 Å². The van der Waals surface area contributed by atoms with E-state index >= 15 is 0 Å². The molecule has 2 fully saturated rings. The minimum Gasteiger partial charge on any atom is -0.339 e. The number of aromatic nitrogens is 2. The molecule has 0 N–H and O–H groups in total. The first kappa shape index (κ1) is 19.0. The lowest BCUT2D eigenvalue weighted by Gasteiger charge is -2.34. The molecule has 1 amide bonds. The molecule has 0 bridgehead atoms. The molecular weight excluding hydrogens is 369 g/mol. The zero-order valence-corrected chi connectivity index (χ0v) is 15.5. The van der Waals surface area contributed by atoms with Crippen LogP contribution in [-0.2, 0) is 17.9 Å². The van der Waals surface area contributed by atoms with Gasteiger partial charge in [0.2, 0.25) is 5.91 Å². The molecule has 2 aliphatic rings. The molecule has 0 unspecified atom stereocenters. The van der Waals surface area contributed by atoms with Gasteiger partial charge < -0.3 is 4.90 Å². The zero-order chi connectivity index (χ0) is 19.7. The minimum absolute atomic E-state index is 0.156. The predicted molar refractivity (Wildman–Crippen MR) is 97.4 cm³/mol. The third-order valence-corrected chi connectivity index (χ3v) is 5.35. The number of hydrogen-bond donors (Lipinski definition) is 0. The molecule has 5 nitrogen and oxygen atoms in total. The summed E-state index contributed by atoms with van der Waals surface area (Å²) in [6, 6.07) is 7.93. The van der Waals surface area contributed by atoms with Crippen molar-refractivity contribution in [2.75, 3.05) is 26.2 Å². The summed E-state index contributed by atoms with van der Waals surface area (Å²) in [6.45, 7) is 2.84. The summed E-state index contributed by atoms with van der Waals surface area (Å²) in [7, 11) is 0. The van der Waals surface area contributed by atoms with Crippen LogP contribution in [0.4, 0.5) is 13.2 Å². The van der Waals surface area contributed by atoms with Gasteiger partial charge in [0.05, 0.1) is 5.69 Å². The van der Waals surface area contributed by atoms with Gasteiger partial charge in [0.15, 0.2) is 0 Å². The van der Waals surface area contributed by atoms with E-state index in [9.17, 15) is 18.0 Å². The van der Waals surface area contributed by atoms with Crippen molar-refractivity contribution in [1.29, 1.82) is 0 Å². The molecule has 1 aromatic heterocycles. The summed E-state index contributed by atoms with van der Waals surface area (Å²) in [4.78, 5) is 16.4. The topological polar surface area (TPSA) is 41.4 Å². The van der Waals surface area contributed by atoms with Crippen LogP contribution in [0.15, 0.2) is 30.3 Å². The monoisotopic (exact) mass is 392 g/mol. The smallest absolute Gasteiger partial charge is 0.280 e. The molecule has 8 heteroatoms. The van der Waals surface area contributed by atoms with Crippen LogP contribution >= 0.6 is 0 Å². The van der Waals surface area contributed by atoms with Gasteiger partial charge in [-0.1, -0.05) is 12.1 Å². The zero-order valence-electron chi connectivity index (χ0n) is 15.5. The van der Waals surface area contributed by atoms with Crippen LogP contribution in [0, 0.1) is 5.82 Å². The highest BCUT2D eigenvalue weighted by Gasteiger charge is 2.30. The molecule has 0 spiro atoms. The Bertz CT molecular complexity index is 842. The molecule has 1 aromatic carbocycles. The van der Waals surface area contributed by atoms with Gasteiger partial charge in [-0.3, -0.25) is 14.4 Å². The van der Waals surface area contributed by atoms with E-state index in [1.54, 1.807) is 11.0 Å².